The second-order valence-corrected chi connectivity index (χ2v) is 19.4. The standard InChI is InChI=1S/C30H54O2Si/c1-19(2)33(20(3)4,21(5)6)32-24-14-16-29(8)23(18-24)10-11-25-27-13-12-26(22(7)31)30(27,9)17-15-28(25)29/h10,19-22,24-28,31H,11-18H2,1-9H3/t22-,24-,25-,26+,27-,28-,29-,30+/m0/s1. The fourth-order valence-electron chi connectivity index (χ4n) is 10.3. The maximum atomic E-state index is 10.5. The Kier molecular flexibility index (Phi) is 7.14. The van der Waals surface area contributed by atoms with Crippen LogP contribution in [0.25, 0.3) is 0 Å². The predicted molar refractivity (Wildman–Crippen MR) is 143 cm³/mol. The maximum Gasteiger partial charge on any atom is 0.200 e. The molecule has 0 amide bonds. The van der Waals surface area contributed by atoms with E-state index in [1.807, 2.05) is 6.92 Å². The molecule has 0 aromatic carbocycles. The molecule has 0 spiro atoms. The molecule has 3 heteroatoms. The summed E-state index contributed by atoms with van der Waals surface area (Å²) in [6.45, 7) is 21.7. The number of hydrogen-bond acceptors (Lipinski definition) is 2. The van der Waals surface area contributed by atoms with Gasteiger partial charge in [-0.2, -0.15) is 0 Å². The fraction of sp³-hybridized carbons (Fsp3) is 0.933. The van der Waals surface area contributed by atoms with Crippen molar-refractivity contribution < 1.29 is 9.53 Å². The zero-order chi connectivity index (χ0) is 24.3. The van der Waals surface area contributed by atoms with Crippen LogP contribution in [0.5, 0.6) is 0 Å². The topological polar surface area (TPSA) is 29.5 Å². The molecule has 8 atom stereocenters. The SMILES string of the molecule is CC(C)[Si](O[C@H]1CC[C@@]2(C)C(=CC[C@H]3[C@@H]4CC[C@H]([C@H](C)O)[C@@]4(C)CC[C@@H]32)C1)(C(C)C)C(C)C. The van der Waals surface area contributed by atoms with Gasteiger partial charge in [-0.1, -0.05) is 67.0 Å². The summed E-state index contributed by atoms with van der Waals surface area (Å²) >= 11 is 0. The summed E-state index contributed by atoms with van der Waals surface area (Å²) in [5.41, 5.74) is 4.47. The van der Waals surface area contributed by atoms with Gasteiger partial charge in [-0.25, -0.2) is 0 Å². The largest absolute Gasteiger partial charge is 0.413 e. The van der Waals surface area contributed by atoms with Crippen molar-refractivity contribution in [3.8, 4) is 0 Å². The average Bonchev–Trinajstić information content (AvgIpc) is 3.08. The van der Waals surface area contributed by atoms with Gasteiger partial charge in [0.1, 0.15) is 0 Å². The highest BCUT2D eigenvalue weighted by atomic mass is 28.4. The van der Waals surface area contributed by atoms with E-state index in [1.54, 1.807) is 5.57 Å². The maximum absolute atomic E-state index is 10.5. The van der Waals surface area contributed by atoms with Gasteiger partial charge < -0.3 is 9.53 Å². The van der Waals surface area contributed by atoms with Crippen LogP contribution in [0.15, 0.2) is 11.6 Å². The number of fused-ring (bicyclic) bond motifs is 5. The summed E-state index contributed by atoms with van der Waals surface area (Å²) in [6.07, 6.45) is 13.2. The first-order valence-corrected chi connectivity index (χ1v) is 16.6. The van der Waals surface area contributed by atoms with Crippen LogP contribution in [0.4, 0.5) is 0 Å². The Morgan fingerprint density at radius 1 is 0.879 bits per heavy atom. The zero-order valence-electron chi connectivity index (χ0n) is 23.3. The highest BCUT2D eigenvalue weighted by molar-refractivity contribution is 6.77. The highest BCUT2D eigenvalue weighted by Crippen LogP contribution is 2.66. The van der Waals surface area contributed by atoms with Gasteiger partial charge in [-0.05, 0) is 109 Å². The fourth-order valence-corrected chi connectivity index (χ4v) is 15.9. The summed E-state index contributed by atoms with van der Waals surface area (Å²) < 4.78 is 7.29. The lowest BCUT2D eigenvalue weighted by atomic mass is 9.47. The summed E-state index contributed by atoms with van der Waals surface area (Å²) in [7, 11) is -1.83. The van der Waals surface area contributed by atoms with Crippen LogP contribution in [0.2, 0.25) is 16.6 Å². The minimum Gasteiger partial charge on any atom is -0.413 e. The van der Waals surface area contributed by atoms with Crippen molar-refractivity contribution >= 4 is 8.32 Å². The van der Waals surface area contributed by atoms with E-state index < -0.39 is 8.32 Å². The van der Waals surface area contributed by atoms with E-state index in [-0.39, 0.29) is 6.10 Å². The Hall–Kier alpha value is -0.123. The van der Waals surface area contributed by atoms with Crippen LogP contribution in [-0.2, 0) is 4.43 Å². The molecule has 0 unspecified atom stereocenters. The minimum atomic E-state index is -1.83. The van der Waals surface area contributed by atoms with Gasteiger partial charge in [0.2, 0.25) is 8.32 Å². The number of hydrogen-bond donors (Lipinski definition) is 1. The average molecular weight is 475 g/mol. The Morgan fingerprint density at radius 2 is 1.52 bits per heavy atom. The molecular formula is C30H54O2Si. The lowest BCUT2D eigenvalue weighted by Gasteiger charge is -2.59. The van der Waals surface area contributed by atoms with Gasteiger partial charge in [0.05, 0.1) is 6.10 Å². The van der Waals surface area contributed by atoms with Gasteiger partial charge in [0, 0.05) is 6.10 Å². The summed E-state index contributed by atoms with van der Waals surface area (Å²) in [4.78, 5) is 0. The predicted octanol–water partition coefficient (Wildman–Crippen LogP) is 8.51. The molecule has 0 aromatic rings. The smallest absolute Gasteiger partial charge is 0.200 e. The van der Waals surface area contributed by atoms with Crippen molar-refractivity contribution in [1.29, 1.82) is 0 Å². The highest BCUT2D eigenvalue weighted by Gasteiger charge is 2.59. The van der Waals surface area contributed by atoms with Gasteiger partial charge in [0.15, 0.2) is 0 Å². The van der Waals surface area contributed by atoms with Crippen LogP contribution >= 0.6 is 0 Å². The van der Waals surface area contributed by atoms with E-state index in [9.17, 15) is 5.11 Å². The quantitative estimate of drug-likeness (QED) is 0.309. The molecular weight excluding hydrogens is 420 g/mol. The summed E-state index contributed by atoms with van der Waals surface area (Å²) in [5, 5.41) is 10.5. The van der Waals surface area contributed by atoms with Crippen molar-refractivity contribution in [3.05, 3.63) is 11.6 Å². The second kappa shape index (κ2) is 9.07. The lowest BCUT2D eigenvalue weighted by molar-refractivity contribution is -0.0670. The summed E-state index contributed by atoms with van der Waals surface area (Å²) in [6, 6.07) is 0. The van der Waals surface area contributed by atoms with E-state index in [0.29, 0.717) is 39.5 Å². The van der Waals surface area contributed by atoms with Crippen molar-refractivity contribution in [2.24, 2.45) is 34.5 Å². The van der Waals surface area contributed by atoms with Crippen molar-refractivity contribution in [2.45, 2.75) is 143 Å². The van der Waals surface area contributed by atoms with E-state index in [2.05, 4.69) is 61.5 Å². The molecule has 1 N–H and O–H groups in total. The normalized spacial score (nSPS) is 42.2. The Balaban J connectivity index is 1.54. The molecule has 0 aliphatic heterocycles. The molecule has 0 radical (unpaired) electrons. The van der Waals surface area contributed by atoms with Gasteiger partial charge in [-0.15, -0.1) is 0 Å². The Labute approximate surface area is 206 Å². The molecule has 0 heterocycles. The number of aliphatic hydroxyl groups is 1. The Morgan fingerprint density at radius 3 is 2.09 bits per heavy atom. The molecule has 4 aliphatic rings. The van der Waals surface area contributed by atoms with Crippen LogP contribution in [0.1, 0.15) is 114 Å². The molecule has 3 fully saturated rings. The van der Waals surface area contributed by atoms with Crippen molar-refractivity contribution in [2.75, 3.05) is 0 Å². The van der Waals surface area contributed by atoms with Crippen molar-refractivity contribution in [3.63, 3.8) is 0 Å². The first-order valence-electron chi connectivity index (χ1n) is 14.4. The van der Waals surface area contributed by atoms with Crippen LogP contribution in [0, 0.1) is 34.5 Å². The molecule has 0 saturated heterocycles. The third-order valence-corrected chi connectivity index (χ3v) is 17.9. The molecule has 33 heavy (non-hydrogen) atoms. The second-order valence-electron chi connectivity index (χ2n) is 14.0. The molecule has 190 valence electrons. The summed E-state index contributed by atoms with van der Waals surface area (Å²) in [5.74, 6) is 2.98. The zero-order valence-corrected chi connectivity index (χ0v) is 24.3. The molecule has 4 aliphatic carbocycles. The third-order valence-electron chi connectivity index (χ3n) is 11.8. The molecule has 2 nitrogen and oxygen atoms in total. The minimum absolute atomic E-state index is 0.151. The van der Waals surface area contributed by atoms with Gasteiger partial charge >= 0.3 is 0 Å². The first kappa shape index (κ1) is 26.0. The molecule has 0 aromatic heterocycles. The molecule has 0 bridgehead atoms. The monoisotopic (exact) mass is 474 g/mol. The molecule has 3 saturated carbocycles. The lowest BCUT2D eigenvalue weighted by Crippen LogP contribution is -2.54. The van der Waals surface area contributed by atoms with Crippen LogP contribution in [-0.4, -0.2) is 25.6 Å². The van der Waals surface area contributed by atoms with Crippen molar-refractivity contribution in [1.82, 2.24) is 0 Å². The van der Waals surface area contributed by atoms with E-state index in [0.717, 1.165) is 17.8 Å². The van der Waals surface area contributed by atoms with Crippen LogP contribution in [0.3, 0.4) is 0 Å². The number of allylic oxidation sites excluding steroid dienone is 1. The van der Waals surface area contributed by atoms with Gasteiger partial charge in [-0.3, -0.25) is 0 Å². The Bertz CT molecular complexity index is 718. The molecule has 4 rings (SSSR count). The first-order chi connectivity index (χ1) is 15.4. The number of aliphatic hydroxyl groups excluding tert-OH is 1. The number of rotatable bonds is 6. The van der Waals surface area contributed by atoms with Crippen LogP contribution < -0.4 is 0 Å². The van der Waals surface area contributed by atoms with Gasteiger partial charge in [0.25, 0.3) is 0 Å². The third kappa shape index (κ3) is 3.95. The van der Waals surface area contributed by atoms with E-state index in [4.69, 9.17) is 4.43 Å². The van der Waals surface area contributed by atoms with E-state index >= 15 is 0 Å². The van der Waals surface area contributed by atoms with E-state index in [1.165, 1.54) is 51.4 Å².